The predicted molar refractivity (Wildman–Crippen MR) is 157 cm³/mol. The summed E-state index contributed by atoms with van der Waals surface area (Å²) in [6.45, 7) is 15.0. The fourth-order valence-corrected chi connectivity index (χ4v) is 4.35. The van der Waals surface area contributed by atoms with E-state index in [1.54, 1.807) is 24.3 Å². The van der Waals surface area contributed by atoms with Crippen molar-refractivity contribution in [1.29, 1.82) is 0 Å². The molecule has 0 bridgehead atoms. The zero-order valence-electron chi connectivity index (χ0n) is 23.9. The van der Waals surface area contributed by atoms with Gasteiger partial charge in [0.2, 0.25) is 0 Å². The van der Waals surface area contributed by atoms with E-state index in [9.17, 15) is 25.3 Å². The number of non-ortho nitro benzene ring substituents is 1. The predicted octanol–water partition coefficient (Wildman–Crippen LogP) is 6.91. The first-order chi connectivity index (χ1) is 18.6. The van der Waals surface area contributed by atoms with Gasteiger partial charge in [0, 0.05) is 12.3 Å². The molecule has 0 radical (unpaired) electrons. The molecule has 0 aliphatic carbocycles. The van der Waals surface area contributed by atoms with Gasteiger partial charge in [0.1, 0.15) is 0 Å². The third-order valence-corrected chi connectivity index (χ3v) is 6.71. The van der Waals surface area contributed by atoms with Crippen molar-refractivity contribution in [2.75, 3.05) is 31.9 Å². The number of nitrogen functional groups attached to an aromatic ring is 1. The normalized spacial score (nSPS) is 11.3. The summed E-state index contributed by atoms with van der Waals surface area (Å²) >= 11 is 0. The number of quaternary nitrogens is 1. The maximum Gasteiger partial charge on any atom is 0.276 e. The zero-order chi connectivity index (χ0) is 29.3. The Hall–Kier alpha value is -3.53. The van der Waals surface area contributed by atoms with Crippen molar-refractivity contribution >= 4 is 29.0 Å². The first-order valence-electron chi connectivity index (χ1n) is 14.0. The van der Waals surface area contributed by atoms with Gasteiger partial charge in [-0.1, -0.05) is 65.5 Å². The van der Waals surface area contributed by atoms with Gasteiger partial charge in [-0.2, -0.15) is 0 Å². The van der Waals surface area contributed by atoms with Crippen molar-refractivity contribution in [3.05, 3.63) is 62.2 Å². The number of nitrogens with zero attached hydrogens (tertiary/aromatic N) is 4. The smallest absolute Gasteiger partial charge is 0.276 e. The van der Waals surface area contributed by atoms with Crippen LogP contribution in [0.5, 0.6) is 5.75 Å². The number of nitro benzene ring substituents is 2. The second kappa shape index (κ2) is 17.9. The second-order valence-corrected chi connectivity index (χ2v) is 9.86. The number of benzene rings is 2. The number of rotatable bonds is 16. The van der Waals surface area contributed by atoms with Crippen LogP contribution in [0.15, 0.2) is 41.4 Å². The maximum atomic E-state index is 11.9. The summed E-state index contributed by atoms with van der Waals surface area (Å²) in [7, 11) is 0. The van der Waals surface area contributed by atoms with Gasteiger partial charge in [0.05, 0.1) is 53.5 Å². The van der Waals surface area contributed by atoms with E-state index >= 15 is 0 Å². The summed E-state index contributed by atoms with van der Waals surface area (Å²) in [5, 5.41) is 33.5. The minimum absolute atomic E-state index is 0.260. The molecular formula is C29H45N5O5. The number of para-hydroxylation sites is 2. The van der Waals surface area contributed by atoms with E-state index in [0.29, 0.717) is 17.4 Å². The van der Waals surface area contributed by atoms with Gasteiger partial charge in [0.25, 0.3) is 11.4 Å². The van der Waals surface area contributed by atoms with E-state index in [1.165, 1.54) is 82.0 Å². The molecule has 10 heteroatoms. The number of hydrogen-bond acceptors (Lipinski definition) is 7. The van der Waals surface area contributed by atoms with Crippen molar-refractivity contribution in [1.82, 2.24) is 0 Å². The van der Waals surface area contributed by atoms with Crippen LogP contribution in [0.4, 0.5) is 22.7 Å². The van der Waals surface area contributed by atoms with E-state index in [0.717, 1.165) is 12.3 Å². The van der Waals surface area contributed by atoms with Crippen LogP contribution in [-0.4, -0.2) is 46.7 Å². The summed E-state index contributed by atoms with van der Waals surface area (Å²) in [6.07, 6.45) is 12.1. The quantitative estimate of drug-likeness (QED) is 0.0799. The van der Waals surface area contributed by atoms with Crippen molar-refractivity contribution in [3.8, 4) is 5.75 Å². The molecule has 0 aromatic heterocycles. The van der Waals surface area contributed by atoms with Crippen molar-refractivity contribution < 1.29 is 19.4 Å². The van der Waals surface area contributed by atoms with Crippen molar-refractivity contribution in [2.45, 2.75) is 79.1 Å². The van der Waals surface area contributed by atoms with E-state index in [4.69, 9.17) is 5.73 Å². The molecule has 2 rings (SSSR count). The monoisotopic (exact) mass is 543 g/mol. The fraction of sp³-hybridized carbons (Fsp3) is 0.552. The van der Waals surface area contributed by atoms with Crippen LogP contribution in [0.3, 0.4) is 0 Å². The van der Waals surface area contributed by atoms with Crippen LogP contribution >= 0.6 is 0 Å². The highest BCUT2D eigenvalue weighted by atomic mass is 16.6. The lowest BCUT2D eigenvalue weighted by molar-refractivity contribution is -0.929. The Balaban J connectivity index is 0.000000406. The van der Waals surface area contributed by atoms with Gasteiger partial charge in [-0.05, 0) is 49.1 Å². The molecule has 0 heterocycles. The Morgan fingerprint density at radius 3 is 1.72 bits per heavy atom. The number of hydrogen-bond donors (Lipinski definition) is 1. The number of nitro groups is 2. The Bertz CT molecular complexity index is 1040. The molecule has 0 fully saturated rings. The van der Waals surface area contributed by atoms with Gasteiger partial charge in [-0.25, -0.2) is 0 Å². The third kappa shape index (κ3) is 11.4. The highest BCUT2D eigenvalue weighted by Crippen LogP contribution is 2.32. The Labute approximate surface area is 232 Å². The Morgan fingerprint density at radius 2 is 1.31 bits per heavy atom. The van der Waals surface area contributed by atoms with Crippen LogP contribution in [0.2, 0.25) is 0 Å². The number of anilines is 1. The van der Waals surface area contributed by atoms with Crippen molar-refractivity contribution in [2.24, 2.45) is 4.99 Å². The van der Waals surface area contributed by atoms with Crippen LogP contribution in [-0.2, 0) is 0 Å². The highest BCUT2D eigenvalue weighted by Gasteiger charge is 2.24. The lowest BCUT2D eigenvalue weighted by Gasteiger charge is -2.39. The van der Waals surface area contributed by atoms with E-state index in [2.05, 4.69) is 32.7 Å². The standard InChI is InChI=1S/C16H36N.C13H10N4O5/c1-5-9-13-17(14-10-6-2,15-11-7-3)16-12-8-4;14-10-3-1-2-4-11(10)15-7-8-5-9(16(19)20)6-12(13(8)18)17(21)22/h5-16H2,1-4H3;1-7,18H,14H2/q+1;/p-1. The Morgan fingerprint density at radius 1 is 0.821 bits per heavy atom. The molecule has 0 aliphatic rings. The topological polar surface area (TPSA) is 148 Å². The first kappa shape index (κ1) is 33.5. The molecule has 2 aromatic carbocycles. The molecule has 0 atom stereocenters. The molecule has 0 amide bonds. The first-order valence-corrected chi connectivity index (χ1v) is 14.0. The van der Waals surface area contributed by atoms with Crippen LogP contribution in [0.1, 0.15) is 84.6 Å². The number of unbranched alkanes of at least 4 members (excludes halogenated alkanes) is 4. The molecule has 0 saturated heterocycles. The van der Waals surface area contributed by atoms with Gasteiger partial charge < -0.3 is 15.3 Å². The molecule has 39 heavy (non-hydrogen) atoms. The average molecular weight is 544 g/mol. The van der Waals surface area contributed by atoms with Gasteiger partial charge in [-0.15, -0.1) is 0 Å². The highest BCUT2D eigenvalue weighted by molar-refractivity contribution is 5.89. The fourth-order valence-electron chi connectivity index (χ4n) is 4.35. The molecule has 0 aliphatic heterocycles. The van der Waals surface area contributed by atoms with E-state index < -0.39 is 27.0 Å². The summed E-state index contributed by atoms with van der Waals surface area (Å²) in [5.41, 5.74) is 4.65. The van der Waals surface area contributed by atoms with E-state index in [-0.39, 0.29) is 5.56 Å². The van der Waals surface area contributed by atoms with Gasteiger partial charge in [0.15, 0.2) is 0 Å². The zero-order valence-corrected chi connectivity index (χ0v) is 23.9. The minimum Gasteiger partial charge on any atom is -0.867 e. The van der Waals surface area contributed by atoms with E-state index in [1.807, 2.05) is 0 Å². The van der Waals surface area contributed by atoms with Crippen LogP contribution < -0.4 is 10.8 Å². The van der Waals surface area contributed by atoms with Crippen molar-refractivity contribution in [3.63, 3.8) is 0 Å². The second-order valence-electron chi connectivity index (χ2n) is 9.86. The molecule has 0 saturated carbocycles. The maximum absolute atomic E-state index is 11.9. The summed E-state index contributed by atoms with van der Waals surface area (Å²) in [6, 6.07) is 8.06. The molecular weight excluding hydrogens is 498 g/mol. The summed E-state index contributed by atoms with van der Waals surface area (Å²) in [4.78, 5) is 23.7. The lowest BCUT2D eigenvalue weighted by Crippen LogP contribution is -2.50. The number of aliphatic imine (C=N–C) groups is 1. The molecule has 2 N–H and O–H groups in total. The summed E-state index contributed by atoms with van der Waals surface area (Å²) in [5.74, 6) is -0.950. The average Bonchev–Trinajstić information content (AvgIpc) is 2.92. The Kier molecular flexibility index (Phi) is 15.4. The van der Waals surface area contributed by atoms with Gasteiger partial charge in [-0.3, -0.25) is 25.2 Å². The molecule has 2 aromatic rings. The molecule has 216 valence electrons. The SMILES string of the molecule is CCCC[N+](CCCC)(CCCC)CCCC.Nc1ccccc1N=Cc1cc([N+](=O)[O-])cc([N+](=O)[O-])c1[O-]. The largest absolute Gasteiger partial charge is 0.867 e. The third-order valence-electron chi connectivity index (χ3n) is 6.71. The minimum atomic E-state index is -0.969. The van der Waals surface area contributed by atoms with Gasteiger partial charge >= 0.3 is 0 Å². The van der Waals surface area contributed by atoms with Crippen LogP contribution in [0, 0.1) is 20.2 Å². The molecule has 10 nitrogen and oxygen atoms in total. The van der Waals surface area contributed by atoms with Crippen LogP contribution in [0.25, 0.3) is 0 Å². The number of nitrogens with two attached hydrogens (primary N) is 1. The molecule has 0 spiro atoms. The lowest BCUT2D eigenvalue weighted by atomic mass is 10.1. The molecule has 0 unspecified atom stereocenters. The summed E-state index contributed by atoms with van der Waals surface area (Å²) < 4.78 is 1.42.